The molecule has 0 spiro atoms. The molecule has 4 aliphatic rings. The van der Waals surface area contributed by atoms with Gasteiger partial charge in [0.1, 0.15) is 0 Å². The predicted octanol–water partition coefficient (Wildman–Crippen LogP) is 0.388. The minimum atomic E-state index is 0. The van der Waals surface area contributed by atoms with E-state index in [9.17, 15) is 0 Å². The van der Waals surface area contributed by atoms with Crippen LogP contribution in [0.2, 0.25) is 4.22 Å². The van der Waals surface area contributed by atoms with Gasteiger partial charge in [0.05, 0.1) is 0 Å². The molecule has 0 aromatic heterocycles. The second-order valence-electron chi connectivity index (χ2n) is 7.68. The van der Waals surface area contributed by atoms with Crippen LogP contribution in [0.1, 0.15) is 41.5 Å². The number of allylic oxidation sites excluding steroid dienone is 5. The van der Waals surface area contributed by atoms with Gasteiger partial charge in [-0.3, -0.25) is 0 Å². The molecule has 0 nitrogen and oxygen atoms in total. The fourth-order valence-corrected chi connectivity index (χ4v) is 14.2. The number of hydrogen-bond acceptors (Lipinski definition) is 0. The molecular weight excluding hydrogens is 414 g/mol. The van der Waals surface area contributed by atoms with Gasteiger partial charge in [0.15, 0.2) is 0 Å². The molecule has 26 heavy (non-hydrogen) atoms. The molecule has 1 aromatic rings. The van der Waals surface area contributed by atoms with Crippen LogP contribution in [0.15, 0.2) is 53.9 Å². The first-order valence-electron chi connectivity index (χ1n) is 9.55. The van der Waals surface area contributed by atoms with E-state index in [1.807, 2.05) is 5.31 Å². The number of rotatable bonds is 3. The van der Waals surface area contributed by atoms with Crippen molar-refractivity contribution in [3.63, 3.8) is 0 Å². The zero-order chi connectivity index (χ0) is 16.1. The van der Waals surface area contributed by atoms with E-state index in [0.29, 0.717) is 0 Å². The Morgan fingerprint density at radius 1 is 1.12 bits per heavy atom. The first-order valence-corrected chi connectivity index (χ1v) is 12.9. The Morgan fingerprint density at radius 2 is 1.92 bits per heavy atom. The molecule has 0 bridgehead atoms. The van der Waals surface area contributed by atoms with Crippen LogP contribution in [0, 0.1) is 11.8 Å². The largest absolute Gasteiger partial charge is 1.00 e. The van der Waals surface area contributed by atoms with Crippen molar-refractivity contribution in [2.24, 2.45) is 11.8 Å². The van der Waals surface area contributed by atoms with Crippen molar-refractivity contribution >= 4 is 14.0 Å². The Kier molecular flexibility index (Phi) is 6.97. The Labute approximate surface area is 180 Å². The maximum atomic E-state index is 2.63. The van der Waals surface area contributed by atoms with Crippen molar-refractivity contribution < 1.29 is 44.0 Å². The van der Waals surface area contributed by atoms with Crippen molar-refractivity contribution in [2.75, 3.05) is 6.16 Å². The van der Waals surface area contributed by atoms with Crippen molar-refractivity contribution in [1.29, 1.82) is 0 Å². The zero-order valence-corrected chi connectivity index (χ0v) is 19.1. The van der Waals surface area contributed by atoms with Gasteiger partial charge in [-0.15, -0.1) is 0 Å². The molecule has 1 saturated carbocycles. The monoisotopic (exact) mass is 438 g/mol. The summed E-state index contributed by atoms with van der Waals surface area (Å²) in [5, 5.41) is 1.91. The molecule has 1 aliphatic heterocycles. The molecule has 4 heteroatoms. The topological polar surface area (TPSA) is 0 Å². The standard InChI is InChI=1S/C22H25P.2ClH.Ti/c1-2-3-12-23(21-13-17-8-4-5-9-18(17)14-21)22-15-19-10-6-7-11-20(19)16-22;;;/h4-11,13-15,19-20,22H,2-3,12,16H2,1H3;2*1H;/q;;;+2/p-2. The van der Waals surface area contributed by atoms with E-state index < -0.39 is 0 Å². The molecule has 1 aromatic carbocycles. The number of fused-ring (bicyclic) bond motifs is 6. The molecular formula is C22H25Cl2PTi. The van der Waals surface area contributed by atoms with Crippen LogP contribution in [-0.4, -0.2) is 11.8 Å². The molecule has 0 amide bonds. The third kappa shape index (κ3) is 3.36. The Hall–Kier alpha value is 0.164. The van der Waals surface area contributed by atoms with Crippen molar-refractivity contribution in [3.05, 3.63) is 65.0 Å². The molecule has 2 fully saturated rings. The maximum absolute atomic E-state index is 2.63. The van der Waals surface area contributed by atoms with E-state index in [1.54, 1.807) is 11.1 Å². The SMILES string of the molecule is CCCCP1C2=Cc3ccccc3[CH]2[Ti+2][CH]2C3C=CC=CC3CC21.[Cl-].[Cl-]. The van der Waals surface area contributed by atoms with Gasteiger partial charge < -0.3 is 24.8 Å². The minimum Gasteiger partial charge on any atom is -1.00 e. The van der Waals surface area contributed by atoms with E-state index >= 15 is 0 Å². The quantitative estimate of drug-likeness (QED) is 0.473. The van der Waals surface area contributed by atoms with Crippen LogP contribution in [0.5, 0.6) is 0 Å². The van der Waals surface area contributed by atoms with Crippen molar-refractivity contribution in [3.8, 4) is 0 Å². The average Bonchev–Trinajstić information content (AvgIpc) is 3.17. The summed E-state index contributed by atoms with van der Waals surface area (Å²) in [7, 11) is 0.0829. The van der Waals surface area contributed by atoms with Gasteiger partial charge in [-0.2, -0.15) is 0 Å². The van der Waals surface area contributed by atoms with Crippen LogP contribution >= 0.6 is 7.92 Å². The molecule has 5 rings (SSSR count). The second-order valence-corrected chi connectivity index (χ2v) is 12.7. The van der Waals surface area contributed by atoms with E-state index in [-0.39, 0.29) is 51.9 Å². The van der Waals surface area contributed by atoms with Crippen LogP contribution in [0.4, 0.5) is 0 Å². The van der Waals surface area contributed by atoms with Gasteiger partial charge in [-0.25, -0.2) is 0 Å². The summed E-state index contributed by atoms with van der Waals surface area (Å²) in [6, 6.07) is 9.29. The summed E-state index contributed by atoms with van der Waals surface area (Å²) >= 11 is 0.0500. The Morgan fingerprint density at radius 3 is 2.77 bits per heavy atom. The third-order valence-electron chi connectivity index (χ3n) is 6.39. The van der Waals surface area contributed by atoms with E-state index in [1.165, 1.54) is 25.4 Å². The fraction of sp³-hybridized carbons (Fsp3) is 0.455. The van der Waals surface area contributed by atoms with Gasteiger partial charge in [0, 0.05) is 0 Å². The minimum absolute atomic E-state index is 0. The summed E-state index contributed by atoms with van der Waals surface area (Å²) in [6.45, 7) is 2.36. The van der Waals surface area contributed by atoms with E-state index in [2.05, 4.69) is 61.6 Å². The van der Waals surface area contributed by atoms with Crippen LogP contribution < -0.4 is 24.8 Å². The zero-order valence-electron chi connectivity index (χ0n) is 15.1. The first kappa shape index (κ1) is 20.9. The molecule has 1 heterocycles. The first-order chi connectivity index (χ1) is 11.9. The van der Waals surface area contributed by atoms with Crippen molar-refractivity contribution in [1.82, 2.24) is 0 Å². The molecule has 3 aliphatic carbocycles. The second kappa shape index (κ2) is 8.67. The summed E-state index contributed by atoms with van der Waals surface area (Å²) in [4.78, 5) is 0. The molecule has 0 N–H and O–H groups in total. The van der Waals surface area contributed by atoms with Gasteiger partial charge >= 0.3 is 156 Å². The molecule has 0 radical (unpaired) electrons. The fourth-order valence-electron chi connectivity index (χ4n) is 5.26. The predicted molar refractivity (Wildman–Crippen MR) is 101 cm³/mol. The molecule has 136 valence electrons. The summed E-state index contributed by atoms with van der Waals surface area (Å²) < 4.78 is 1.91. The molecule has 6 unspecified atom stereocenters. The summed E-state index contributed by atoms with van der Waals surface area (Å²) in [6.07, 6.45) is 18.1. The maximum Gasteiger partial charge on any atom is -1.00 e. The van der Waals surface area contributed by atoms with E-state index in [4.69, 9.17) is 0 Å². The normalized spacial score (nSPS) is 34.7. The number of halogens is 2. The van der Waals surface area contributed by atoms with Crippen molar-refractivity contribution in [2.45, 2.75) is 40.3 Å². The summed E-state index contributed by atoms with van der Waals surface area (Å²) in [5.41, 5.74) is 4.28. The van der Waals surface area contributed by atoms with Crippen LogP contribution in [-0.2, 0) is 19.2 Å². The molecule has 6 atom stereocenters. The Balaban J connectivity index is 0.000000980. The van der Waals surface area contributed by atoms with E-state index in [0.717, 1.165) is 25.9 Å². The number of hydrogen-bond donors (Lipinski definition) is 0. The summed E-state index contributed by atoms with van der Waals surface area (Å²) in [5.74, 6) is 1.73. The van der Waals surface area contributed by atoms with Gasteiger partial charge in [0.25, 0.3) is 0 Å². The van der Waals surface area contributed by atoms with Gasteiger partial charge in [-0.1, -0.05) is 0 Å². The third-order valence-corrected chi connectivity index (χ3v) is 13.7. The van der Waals surface area contributed by atoms with Gasteiger partial charge in [-0.05, 0) is 0 Å². The average molecular weight is 439 g/mol. The Bertz CT molecular complexity index is 741. The van der Waals surface area contributed by atoms with Crippen LogP contribution in [0.3, 0.4) is 0 Å². The van der Waals surface area contributed by atoms with Gasteiger partial charge in [0.2, 0.25) is 0 Å². The van der Waals surface area contributed by atoms with Crippen LogP contribution in [0.25, 0.3) is 6.08 Å². The number of unbranched alkanes of at least 4 members (excludes halogenated alkanes) is 1. The smallest absolute Gasteiger partial charge is 1.00 e. The number of benzene rings is 1. The molecule has 1 saturated heterocycles.